The molecule has 0 radical (unpaired) electrons. The minimum absolute atomic E-state index is 0.172. The fourth-order valence-electron chi connectivity index (χ4n) is 7.81. The number of hydrogen-bond acceptors (Lipinski definition) is 7. The maximum absolute atomic E-state index is 12.9. The van der Waals surface area contributed by atoms with Gasteiger partial charge in [0.2, 0.25) is 0 Å². The molecule has 77 heavy (non-hydrogen) atoms. The van der Waals surface area contributed by atoms with Crippen LogP contribution >= 0.6 is 0 Å². The van der Waals surface area contributed by atoms with Gasteiger partial charge in [-0.3, -0.25) is 9.59 Å². The van der Waals surface area contributed by atoms with Crippen molar-refractivity contribution in [3.05, 3.63) is 134 Å². The van der Waals surface area contributed by atoms with E-state index >= 15 is 0 Å². The Balaban J connectivity index is 4.25. The van der Waals surface area contributed by atoms with Gasteiger partial charge in [-0.1, -0.05) is 231 Å². The number of carboxylic acid groups (broad SMARTS) is 1. The molecule has 0 aromatic heterocycles. The SMILES string of the molecule is CC/C=C\C/C=C\C/C=C\C/C=C\C/C=C\C/C=C\CCCCC(=O)OC(COC(=O)CCCCCCCCCCCCCCCCC/C=C\C/C=C\C/C=C\C/C=C\C/C=C\CC)COC(OCC[N+](C)(C)C)C(=O)O. The van der Waals surface area contributed by atoms with Crippen LogP contribution in [0, 0.1) is 0 Å². The molecule has 0 spiro atoms. The first-order chi connectivity index (χ1) is 37.6. The van der Waals surface area contributed by atoms with E-state index < -0.39 is 24.3 Å². The molecule has 0 aliphatic carbocycles. The van der Waals surface area contributed by atoms with Crippen LogP contribution in [-0.2, 0) is 33.3 Å². The molecule has 0 saturated heterocycles. The van der Waals surface area contributed by atoms with Crippen molar-refractivity contribution in [1.82, 2.24) is 0 Å². The Morgan fingerprint density at radius 2 is 0.701 bits per heavy atom. The molecule has 9 nitrogen and oxygen atoms in total. The number of esters is 2. The lowest BCUT2D eigenvalue weighted by molar-refractivity contribution is -0.870. The number of nitrogens with zero attached hydrogens (tertiary/aromatic N) is 1. The van der Waals surface area contributed by atoms with E-state index in [2.05, 4.69) is 148 Å². The van der Waals surface area contributed by atoms with Gasteiger partial charge in [0.05, 0.1) is 34.4 Å². The van der Waals surface area contributed by atoms with Gasteiger partial charge >= 0.3 is 17.9 Å². The van der Waals surface area contributed by atoms with E-state index in [1.54, 1.807) is 0 Å². The maximum Gasteiger partial charge on any atom is 0.361 e. The van der Waals surface area contributed by atoms with E-state index in [0.717, 1.165) is 103 Å². The van der Waals surface area contributed by atoms with Crippen LogP contribution in [0.15, 0.2) is 134 Å². The molecule has 1 N–H and O–H groups in total. The summed E-state index contributed by atoms with van der Waals surface area (Å²) in [6.45, 7) is 4.59. The second-order valence-electron chi connectivity index (χ2n) is 20.9. The van der Waals surface area contributed by atoms with Crippen molar-refractivity contribution >= 4 is 17.9 Å². The summed E-state index contributed by atoms with van der Waals surface area (Å²) in [5, 5.41) is 9.71. The number of ether oxygens (including phenoxy) is 4. The van der Waals surface area contributed by atoms with Crippen LogP contribution < -0.4 is 0 Å². The largest absolute Gasteiger partial charge is 0.477 e. The fourth-order valence-corrected chi connectivity index (χ4v) is 7.81. The molecule has 0 aliphatic rings. The number of unbranched alkanes of at least 4 members (excludes halogenated alkanes) is 17. The fraction of sp³-hybridized carbons (Fsp3) is 0.632. The Hall–Kier alpha value is -4.57. The molecular formula is C68H112NO8+. The van der Waals surface area contributed by atoms with Crippen LogP contribution in [-0.4, -0.2) is 87.4 Å². The standard InChI is InChI=1S/C68H111NO8/c1-6-8-10-12-14-16-18-20-22-24-26-28-29-30-31-32-33-34-35-36-37-39-40-42-44-46-48-50-52-54-56-58-65(70)75-62-64(63-76-68(67(72)73)74-61-60-69(3,4)5)77-66(71)59-57-55-53-51-49-47-45-43-41-38-27-25-23-21-19-17-15-13-11-9-7-2/h8-11,14-17,20-23,26-28,30-31,38,43,45,49,51,64,68H,6-7,12-13,18-19,24-25,29,32-37,39-42,44,46-48,50,52-63H2,1-5H3/p+1/b10-8-,11-9-,16-14-,17-15-,22-20-,23-21-,28-26-,31-30-,38-27-,45-43-,51-49-. The van der Waals surface area contributed by atoms with Gasteiger partial charge < -0.3 is 28.5 Å². The summed E-state index contributed by atoms with van der Waals surface area (Å²) in [5.74, 6) is -2.08. The summed E-state index contributed by atoms with van der Waals surface area (Å²) < 4.78 is 22.8. The van der Waals surface area contributed by atoms with Gasteiger partial charge in [-0.05, 0) is 109 Å². The van der Waals surface area contributed by atoms with Crippen molar-refractivity contribution in [1.29, 1.82) is 0 Å². The Bertz CT molecular complexity index is 1720. The van der Waals surface area contributed by atoms with E-state index in [4.69, 9.17) is 18.9 Å². The summed E-state index contributed by atoms with van der Waals surface area (Å²) in [5.41, 5.74) is 0. The molecule has 0 rings (SSSR count). The maximum atomic E-state index is 12.9. The monoisotopic (exact) mass is 1070 g/mol. The third-order valence-electron chi connectivity index (χ3n) is 12.4. The molecular weight excluding hydrogens is 959 g/mol. The molecule has 0 amide bonds. The molecule has 9 heteroatoms. The number of aliphatic carboxylic acids is 1. The van der Waals surface area contributed by atoms with Crippen LogP contribution in [0.1, 0.15) is 219 Å². The van der Waals surface area contributed by atoms with Gasteiger partial charge in [0.15, 0.2) is 6.10 Å². The average Bonchev–Trinajstić information content (AvgIpc) is 3.40. The molecule has 0 fully saturated rings. The second-order valence-corrected chi connectivity index (χ2v) is 20.9. The van der Waals surface area contributed by atoms with Crippen LogP contribution in [0.5, 0.6) is 0 Å². The van der Waals surface area contributed by atoms with Crippen LogP contribution in [0.2, 0.25) is 0 Å². The summed E-state index contributed by atoms with van der Waals surface area (Å²) in [4.78, 5) is 37.5. The Kier molecular flexibility index (Phi) is 54.2. The van der Waals surface area contributed by atoms with E-state index in [-0.39, 0.29) is 38.6 Å². The Morgan fingerprint density at radius 3 is 1.06 bits per heavy atom. The molecule has 436 valence electrons. The van der Waals surface area contributed by atoms with E-state index in [1.807, 2.05) is 21.1 Å². The second kappa shape index (κ2) is 57.6. The van der Waals surface area contributed by atoms with Gasteiger partial charge in [-0.25, -0.2) is 4.79 Å². The van der Waals surface area contributed by atoms with E-state index in [0.29, 0.717) is 17.4 Å². The minimum Gasteiger partial charge on any atom is -0.477 e. The zero-order valence-electron chi connectivity index (χ0n) is 49.6. The highest BCUT2D eigenvalue weighted by molar-refractivity contribution is 5.71. The zero-order valence-corrected chi connectivity index (χ0v) is 49.6. The molecule has 0 bridgehead atoms. The van der Waals surface area contributed by atoms with Crippen LogP contribution in [0.3, 0.4) is 0 Å². The lowest BCUT2D eigenvalue weighted by atomic mass is 10.0. The zero-order chi connectivity index (χ0) is 56.2. The van der Waals surface area contributed by atoms with Crippen molar-refractivity contribution in [3.8, 4) is 0 Å². The van der Waals surface area contributed by atoms with Gasteiger partial charge in [0.25, 0.3) is 6.29 Å². The Labute approximate surface area is 471 Å². The third kappa shape index (κ3) is 58.9. The molecule has 0 aliphatic heterocycles. The molecule has 0 aromatic rings. The normalized spacial score (nSPS) is 13.7. The number of likely N-dealkylation sites (N-methyl/N-ethyl adjacent to an activating group) is 1. The van der Waals surface area contributed by atoms with Gasteiger partial charge in [-0.2, -0.15) is 0 Å². The van der Waals surface area contributed by atoms with Crippen molar-refractivity contribution in [2.45, 2.75) is 232 Å². The highest BCUT2D eigenvalue weighted by atomic mass is 16.7. The van der Waals surface area contributed by atoms with E-state index in [9.17, 15) is 19.5 Å². The lowest BCUT2D eigenvalue weighted by Gasteiger charge is -2.25. The molecule has 2 atom stereocenters. The number of hydrogen-bond donors (Lipinski definition) is 1. The summed E-state index contributed by atoms with van der Waals surface area (Å²) in [6, 6.07) is 0. The molecule has 0 saturated carbocycles. The first-order valence-corrected chi connectivity index (χ1v) is 30.3. The van der Waals surface area contributed by atoms with Crippen molar-refractivity contribution in [3.63, 3.8) is 0 Å². The number of quaternary nitrogens is 1. The molecule has 2 unspecified atom stereocenters. The number of carbonyl (C=O) groups excluding carboxylic acids is 2. The van der Waals surface area contributed by atoms with E-state index in [1.165, 1.54) is 83.5 Å². The quantitative estimate of drug-likeness (QED) is 0.0211. The van der Waals surface area contributed by atoms with Crippen molar-refractivity contribution < 1.29 is 42.9 Å². The van der Waals surface area contributed by atoms with Crippen LogP contribution in [0.25, 0.3) is 0 Å². The molecule has 0 aromatic carbocycles. The predicted molar refractivity (Wildman–Crippen MR) is 327 cm³/mol. The highest BCUT2D eigenvalue weighted by Crippen LogP contribution is 2.15. The topological polar surface area (TPSA) is 108 Å². The van der Waals surface area contributed by atoms with Crippen molar-refractivity contribution in [2.75, 3.05) is 47.5 Å². The Morgan fingerprint density at radius 1 is 0.390 bits per heavy atom. The van der Waals surface area contributed by atoms with Gasteiger partial charge in [0, 0.05) is 12.8 Å². The summed E-state index contributed by atoms with van der Waals surface area (Å²) in [6.07, 6.45) is 79.7. The van der Waals surface area contributed by atoms with Crippen LogP contribution in [0.4, 0.5) is 0 Å². The predicted octanol–water partition coefficient (Wildman–Crippen LogP) is 18.2. The van der Waals surface area contributed by atoms with Crippen molar-refractivity contribution in [2.24, 2.45) is 0 Å². The smallest absolute Gasteiger partial charge is 0.361 e. The lowest BCUT2D eigenvalue weighted by Crippen LogP contribution is -2.40. The summed E-state index contributed by atoms with van der Waals surface area (Å²) in [7, 11) is 5.94. The number of carboxylic acids is 1. The minimum atomic E-state index is -1.53. The highest BCUT2D eigenvalue weighted by Gasteiger charge is 2.25. The first-order valence-electron chi connectivity index (χ1n) is 30.3. The molecule has 0 heterocycles. The third-order valence-corrected chi connectivity index (χ3v) is 12.4. The van der Waals surface area contributed by atoms with Gasteiger partial charge in [-0.15, -0.1) is 0 Å². The average molecular weight is 1070 g/mol. The van der Waals surface area contributed by atoms with Gasteiger partial charge in [0.1, 0.15) is 13.2 Å². The summed E-state index contributed by atoms with van der Waals surface area (Å²) >= 11 is 0. The number of allylic oxidation sites excluding steroid dienone is 22. The number of rotatable bonds is 54. The first kappa shape index (κ1) is 72.4. The number of carbonyl (C=O) groups is 3.